The van der Waals surface area contributed by atoms with E-state index in [1.54, 1.807) is 12.3 Å². The second kappa shape index (κ2) is 12.5. The van der Waals surface area contributed by atoms with Gasteiger partial charge < -0.3 is 24.4 Å². The lowest BCUT2D eigenvalue weighted by molar-refractivity contribution is -0.203. The maximum Gasteiger partial charge on any atom is 0.334 e. The molecular weight excluding hydrogens is 576 g/mol. The molecule has 9 nitrogen and oxygen atoms in total. The van der Waals surface area contributed by atoms with Crippen LogP contribution in [-0.2, 0) is 39.8 Å². The maximum atomic E-state index is 14.1. The van der Waals surface area contributed by atoms with Crippen LogP contribution in [-0.4, -0.2) is 59.0 Å². The number of thioether (sulfide) groups is 1. The number of methoxy groups -OCH3 is 1. The SMILES string of the molecule is CO[C@@]1(NC(=O)Cc2cccs2)C(=O)N2C(C(=O)OC(c3ccccc3)c3ccccc3)C(C(C)OC(C)=O)=CS[C@@H]21. The fourth-order valence-electron chi connectivity index (χ4n) is 5.14. The fourth-order valence-corrected chi connectivity index (χ4v) is 7.25. The quantitative estimate of drug-likeness (QED) is 0.208. The molecule has 0 spiro atoms. The van der Waals surface area contributed by atoms with Crippen molar-refractivity contribution in [1.82, 2.24) is 10.2 Å². The molecule has 2 amide bonds. The van der Waals surface area contributed by atoms with E-state index in [0.29, 0.717) is 5.57 Å². The molecule has 3 aromatic rings. The summed E-state index contributed by atoms with van der Waals surface area (Å²) in [5.74, 6) is -2.22. The molecule has 2 aliphatic rings. The molecular formula is C31H30N2O7S2. The number of carbonyl (C=O) groups is 4. The van der Waals surface area contributed by atoms with Crippen LogP contribution in [0.25, 0.3) is 0 Å². The summed E-state index contributed by atoms with van der Waals surface area (Å²) >= 11 is 2.64. The summed E-state index contributed by atoms with van der Waals surface area (Å²) in [6, 6.07) is 21.0. The van der Waals surface area contributed by atoms with E-state index in [-0.39, 0.29) is 12.3 Å². The number of fused-ring (bicyclic) bond motifs is 1. The lowest BCUT2D eigenvalue weighted by atomic mass is 9.92. The second-order valence-corrected chi connectivity index (χ2v) is 11.8. The molecule has 42 heavy (non-hydrogen) atoms. The Morgan fingerprint density at radius 2 is 1.62 bits per heavy atom. The highest BCUT2D eigenvalue weighted by molar-refractivity contribution is 8.03. The van der Waals surface area contributed by atoms with Gasteiger partial charge in [-0.1, -0.05) is 66.7 Å². The van der Waals surface area contributed by atoms with Crippen molar-refractivity contribution in [3.8, 4) is 0 Å². The van der Waals surface area contributed by atoms with Crippen molar-refractivity contribution in [2.24, 2.45) is 0 Å². The smallest absolute Gasteiger partial charge is 0.334 e. The number of β-lactam (4-membered cyclic amide) rings is 1. The Hall–Kier alpha value is -3.93. The molecule has 2 aliphatic heterocycles. The Kier molecular flexibility index (Phi) is 8.81. The number of amides is 2. The van der Waals surface area contributed by atoms with Crippen molar-refractivity contribution in [2.45, 2.75) is 49.6 Å². The number of benzene rings is 2. The highest BCUT2D eigenvalue weighted by Crippen LogP contribution is 2.48. The molecule has 1 N–H and O–H groups in total. The van der Waals surface area contributed by atoms with Gasteiger partial charge in [-0.15, -0.1) is 23.1 Å². The number of hydrogen-bond acceptors (Lipinski definition) is 9. The van der Waals surface area contributed by atoms with Crippen molar-refractivity contribution in [2.75, 3.05) is 7.11 Å². The van der Waals surface area contributed by atoms with Crippen LogP contribution in [0.1, 0.15) is 36.0 Å². The van der Waals surface area contributed by atoms with Crippen molar-refractivity contribution >= 4 is 46.9 Å². The number of thiophene rings is 1. The van der Waals surface area contributed by atoms with Crippen LogP contribution < -0.4 is 5.32 Å². The van der Waals surface area contributed by atoms with Gasteiger partial charge in [0.25, 0.3) is 11.6 Å². The van der Waals surface area contributed by atoms with Gasteiger partial charge in [0.15, 0.2) is 12.1 Å². The van der Waals surface area contributed by atoms with Crippen molar-refractivity contribution in [1.29, 1.82) is 0 Å². The van der Waals surface area contributed by atoms with E-state index in [1.807, 2.05) is 78.2 Å². The first-order valence-corrected chi connectivity index (χ1v) is 15.1. The van der Waals surface area contributed by atoms with Crippen LogP contribution in [0, 0.1) is 0 Å². The summed E-state index contributed by atoms with van der Waals surface area (Å²) in [5.41, 5.74) is 0.209. The standard InChI is InChI=1S/C31H30N2O7S2/c1-19(39-20(2)34)24-18-42-30-31(38-3,32-25(35)17-23-15-10-16-41-23)29(37)33(30)26(24)28(36)40-27(21-11-6-4-7-12-21)22-13-8-5-9-14-22/h4-16,18-19,26-27,30H,17H2,1-3H3,(H,32,35)/t19?,26?,30-,31+/m1/s1. The molecule has 5 rings (SSSR count). The highest BCUT2D eigenvalue weighted by Gasteiger charge is 2.68. The average molecular weight is 607 g/mol. The Balaban J connectivity index is 1.46. The highest BCUT2D eigenvalue weighted by atomic mass is 32.2. The molecule has 218 valence electrons. The van der Waals surface area contributed by atoms with E-state index in [1.165, 1.54) is 42.0 Å². The monoisotopic (exact) mass is 606 g/mol. The van der Waals surface area contributed by atoms with E-state index in [2.05, 4.69) is 5.32 Å². The molecule has 4 atom stereocenters. The summed E-state index contributed by atoms with van der Waals surface area (Å²) in [7, 11) is 1.34. The lowest BCUT2D eigenvalue weighted by Gasteiger charge is -2.57. The van der Waals surface area contributed by atoms with Gasteiger partial charge in [0.05, 0.1) is 6.42 Å². The Bertz CT molecular complexity index is 1440. The normalized spacial score (nSPS) is 22.0. The zero-order valence-electron chi connectivity index (χ0n) is 23.2. The van der Waals surface area contributed by atoms with Gasteiger partial charge in [-0.25, -0.2) is 4.79 Å². The van der Waals surface area contributed by atoms with Gasteiger partial charge in [0.1, 0.15) is 11.5 Å². The number of hydrogen-bond donors (Lipinski definition) is 1. The molecule has 2 unspecified atom stereocenters. The van der Waals surface area contributed by atoms with E-state index in [9.17, 15) is 19.2 Å². The zero-order valence-corrected chi connectivity index (χ0v) is 24.9. The topological polar surface area (TPSA) is 111 Å². The minimum absolute atomic E-state index is 0.0827. The Labute approximate surface area is 251 Å². The third-order valence-electron chi connectivity index (χ3n) is 7.12. The molecule has 0 aliphatic carbocycles. The van der Waals surface area contributed by atoms with Crippen LogP contribution in [0.2, 0.25) is 0 Å². The zero-order chi connectivity index (χ0) is 29.9. The molecule has 11 heteroatoms. The first-order chi connectivity index (χ1) is 20.2. The molecule has 0 radical (unpaired) electrons. The van der Waals surface area contributed by atoms with Gasteiger partial charge in [-0.3, -0.25) is 14.4 Å². The third kappa shape index (κ3) is 5.72. The van der Waals surface area contributed by atoms with Gasteiger partial charge in [0.2, 0.25) is 5.91 Å². The van der Waals surface area contributed by atoms with E-state index in [4.69, 9.17) is 14.2 Å². The van der Waals surface area contributed by atoms with E-state index in [0.717, 1.165) is 16.0 Å². The minimum atomic E-state index is -1.68. The molecule has 2 aromatic carbocycles. The molecule has 3 heterocycles. The molecule has 1 fully saturated rings. The predicted molar refractivity (Wildman–Crippen MR) is 158 cm³/mol. The number of esters is 2. The summed E-state index contributed by atoms with van der Waals surface area (Å²) in [4.78, 5) is 54.9. The first-order valence-electron chi connectivity index (χ1n) is 13.3. The van der Waals surface area contributed by atoms with E-state index < -0.39 is 47.2 Å². The number of rotatable bonds is 10. The van der Waals surface area contributed by atoms with Crippen molar-refractivity contribution < 1.29 is 33.4 Å². The summed E-state index contributed by atoms with van der Waals surface area (Å²) in [6.45, 7) is 2.91. The lowest BCUT2D eigenvalue weighted by Crippen LogP contribution is -2.83. The van der Waals surface area contributed by atoms with Gasteiger partial charge in [-0.2, -0.15) is 0 Å². The first kappa shape index (κ1) is 29.6. The number of carbonyl (C=O) groups excluding carboxylic acids is 4. The number of nitrogens with zero attached hydrogens (tertiary/aromatic N) is 1. The Morgan fingerprint density at radius 3 is 2.17 bits per heavy atom. The van der Waals surface area contributed by atoms with E-state index >= 15 is 0 Å². The van der Waals surface area contributed by atoms with Crippen LogP contribution >= 0.6 is 23.1 Å². The van der Waals surface area contributed by atoms with Gasteiger partial charge >= 0.3 is 11.9 Å². The maximum absolute atomic E-state index is 14.1. The van der Waals surface area contributed by atoms with Crippen molar-refractivity contribution in [3.63, 3.8) is 0 Å². The van der Waals surface area contributed by atoms with Gasteiger partial charge in [-0.05, 0) is 34.9 Å². The molecule has 1 saturated heterocycles. The summed E-state index contributed by atoms with van der Waals surface area (Å²) in [5, 5.41) is 5.55. The summed E-state index contributed by atoms with van der Waals surface area (Å²) < 4.78 is 17.2. The number of ether oxygens (including phenoxy) is 3. The predicted octanol–water partition coefficient (Wildman–Crippen LogP) is 4.20. The largest absolute Gasteiger partial charge is 0.458 e. The van der Waals surface area contributed by atoms with Gasteiger partial charge in [0, 0.05) is 24.5 Å². The average Bonchev–Trinajstić information content (AvgIpc) is 3.51. The number of nitrogens with one attached hydrogen (secondary N) is 1. The molecule has 0 bridgehead atoms. The van der Waals surface area contributed by atoms with Crippen LogP contribution in [0.15, 0.2) is 89.2 Å². The Morgan fingerprint density at radius 1 is 0.976 bits per heavy atom. The molecule has 0 saturated carbocycles. The van der Waals surface area contributed by atoms with Crippen LogP contribution in [0.4, 0.5) is 0 Å². The summed E-state index contributed by atoms with van der Waals surface area (Å²) in [6.07, 6.45) is -1.49. The van der Waals surface area contributed by atoms with Crippen LogP contribution in [0.3, 0.4) is 0 Å². The van der Waals surface area contributed by atoms with Crippen LogP contribution in [0.5, 0.6) is 0 Å². The fraction of sp³-hybridized carbons (Fsp3) is 0.290. The second-order valence-electron chi connectivity index (χ2n) is 9.86. The van der Waals surface area contributed by atoms with Crippen molar-refractivity contribution in [3.05, 3.63) is 105 Å². The third-order valence-corrected chi connectivity index (χ3v) is 9.22. The molecule has 1 aromatic heterocycles. The minimum Gasteiger partial charge on any atom is -0.458 e.